The Kier molecular flexibility index (Phi) is 5.37. The molecule has 0 fully saturated rings. The summed E-state index contributed by atoms with van der Waals surface area (Å²) in [6.45, 7) is 6.77. The first kappa shape index (κ1) is 16.0. The summed E-state index contributed by atoms with van der Waals surface area (Å²) in [5.74, 6) is 0.557. The first-order chi connectivity index (χ1) is 10.1. The van der Waals surface area contributed by atoms with Crippen LogP contribution in [0.1, 0.15) is 20.8 Å². The molecule has 0 amide bonds. The third-order valence-electron chi connectivity index (χ3n) is 4.37. The van der Waals surface area contributed by atoms with Crippen LogP contribution in [0, 0.1) is 0 Å². The molecule has 5 heteroatoms. The lowest BCUT2D eigenvalue weighted by atomic mass is 10.3. The van der Waals surface area contributed by atoms with Gasteiger partial charge in [0.25, 0.3) is 0 Å². The lowest BCUT2D eigenvalue weighted by Gasteiger charge is -2.28. The van der Waals surface area contributed by atoms with E-state index < -0.39 is 8.07 Å². The van der Waals surface area contributed by atoms with Gasteiger partial charge in [-0.15, -0.1) is 0 Å². The van der Waals surface area contributed by atoms with Crippen LogP contribution >= 0.6 is 11.6 Å². The Morgan fingerprint density at radius 2 is 1.67 bits per heavy atom. The van der Waals surface area contributed by atoms with Crippen molar-refractivity contribution in [2.45, 2.75) is 38.9 Å². The molecule has 0 atom stereocenters. The Morgan fingerprint density at radius 3 is 2.19 bits per heavy atom. The highest BCUT2D eigenvalue weighted by atomic mass is 35.5. The highest BCUT2D eigenvalue weighted by Gasteiger charge is 2.32. The summed E-state index contributed by atoms with van der Waals surface area (Å²) in [5.41, 5.74) is 0.964. The number of nitrogens with zero attached hydrogens (tertiary/aromatic N) is 2. The molecular weight excluding hydrogens is 298 g/mol. The van der Waals surface area contributed by atoms with Crippen LogP contribution in [0.3, 0.4) is 0 Å². The number of rotatable bonds is 6. The molecule has 0 aliphatic rings. The first-order valence-electron chi connectivity index (χ1n) is 7.50. The Balaban J connectivity index is 2.29. The lowest BCUT2D eigenvalue weighted by molar-refractivity contribution is 1.15. The molecule has 0 spiro atoms. The van der Waals surface area contributed by atoms with Crippen molar-refractivity contribution in [2.24, 2.45) is 0 Å². The maximum absolute atomic E-state index is 6.46. The monoisotopic (exact) mass is 319 g/mol. The van der Waals surface area contributed by atoms with E-state index in [0.29, 0.717) is 11.1 Å². The topological polar surface area (TPSA) is 37.8 Å². The molecule has 0 unspecified atom stereocenters. The van der Waals surface area contributed by atoms with Crippen molar-refractivity contribution in [3.63, 3.8) is 0 Å². The van der Waals surface area contributed by atoms with Gasteiger partial charge in [0, 0.05) is 11.9 Å². The van der Waals surface area contributed by atoms with Crippen molar-refractivity contribution in [3.05, 3.63) is 41.7 Å². The molecule has 2 aromatic rings. The van der Waals surface area contributed by atoms with Crippen LogP contribution in [0.15, 0.2) is 36.5 Å². The van der Waals surface area contributed by atoms with Crippen LogP contribution in [0.25, 0.3) is 0 Å². The number of aromatic nitrogens is 2. The molecule has 0 aliphatic carbocycles. The van der Waals surface area contributed by atoms with Crippen molar-refractivity contribution in [3.8, 4) is 0 Å². The largest absolute Gasteiger partial charge is 0.324 e. The summed E-state index contributed by atoms with van der Waals surface area (Å²) in [4.78, 5) is 8.93. The minimum atomic E-state index is -1.54. The fourth-order valence-corrected chi connectivity index (χ4v) is 6.95. The van der Waals surface area contributed by atoms with E-state index in [1.54, 1.807) is 0 Å². The van der Waals surface area contributed by atoms with Gasteiger partial charge in [0.05, 0.1) is 8.07 Å². The van der Waals surface area contributed by atoms with Gasteiger partial charge < -0.3 is 5.32 Å². The van der Waals surface area contributed by atoms with E-state index >= 15 is 0 Å². The van der Waals surface area contributed by atoms with Gasteiger partial charge in [0.2, 0.25) is 5.95 Å². The average Bonchev–Trinajstić information content (AvgIpc) is 2.52. The molecule has 1 aromatic carbocycles. The molecule has 3 nitrogen and oxygen atoms in total. The number of anilines is 2. The number of nitrogens with one attached hydrogen (secondary N) is 1. The van der Waals surface area contributed by atoms with Gasteiger partial charge in [-0.25, -0.2) is 9.97 Å². The van der Waals surface area contributed by atoms with Gasteiger partial charge in [-0.3, -0.25) is 0 Å². The van der Waals surface area contributed by atoms with Crippen molar-refractivity contribution in [1.82, 2.24) is 9.97 Å². The Labute approximate surface area is 132 Å². The van der Waals surface area contributed by atoms with Crippen LogP contribution in [-0.4, -0.2) is 18.0 Å². The molecule has 21 heavy (non-hydrogen) atoms. The number of hydrogen-bond donors (Lipinski definition) is 1. The predicted molar refractivity (Wildman–Crippen MR) is 93.6 cm³/mol. The summed E-state index contributed by atoms with van der Waals surface area (Å²) in [6, 6.07) is 13.4. The SMILES string of the molecule is CC[Si](CC)(CC)c1cnc(Nc2ccccc2)nc1Cl. The summed E-state index contributed by atoms with van der Waals surface area (Å²) < 4.78 is 0. The second-order valence-corrected chi connectivity index (χ2v) is 10.8. The minimum absolute atomic E-state index is 0.557. The quantitative estimate of drug-likeness (QED) is 0.625. The van der Waals surface area contributed by atoms with Crippen LogP contribution < -0.4 is 10.5 Å². The van der Waals surface area contributed by atoms with Crippen LogP contribution in [0.2, 0.25) is 23.3 Å². The van der Waals surface area contributed by atoms with Gasteiger partial charge in [0.15, 0.2) is 0 Å². The molecule has 0 saturated heterocycles. The second-order valence-electron chi connectivity index (χ2n) is 5.23. The summed E-state index contributed by atoms with van der Waals surface area (Å²) in [6.07, 6.45) is 1.93. The van der Waals surface area contributed by atoms with E-state index in [9.17, 15) is 0 Å². The third kappa shape index (κ3) is 3.44. The molecule has 0 saturated carbocycles. The zero-order chi connectivity index (χ0) is 15.3. The molecule has 0 aliphatic heterocycles. The van der Waals surface area contributed by atoms with Gasteiger partial charge in [-0.2, -0.15) is 0 Å². The van der Waals surface area contributed by atoms with E-state index in [2.05, 4.69) is 36.1 Å². The highest BCUT2D eigenvalue weighted by Crippen LogP contribution is 2.23. The van der Waals surface area contributed by atoms with Gasteiger partial charge in [-0.05, 0) is 17.3 Å². The molecule has 1 aromatic heterocycles. The first-order valence-corrected chi connectivity index (χ1v) is 10.5. The normalized spacial score (nSPS) is 11.4. The van der Waals surface area contributed by atoms with Gasteiger partial charge in [0.1, 0.15) is 5.15 Å². The van der Waals surface area contributed by atoms with E-state index in [0.717, 1.165) is 5.69 Å². The molecule has 112 valence electrons. The number of halogens is 1. The van der Waals surface area contributed by atoms with Crippen LogP contribution in [0.5, 0.6) is 0 Å². The standard InChI is InChI=1S/C16H22ClN3Si/c1-4-21(5-2,6-3)14-12-18-16(20-15(14)17)19-13-10-8-7-9-11-13/h7-12H,4-6H2,1-3H3,(H,18,19,20). The number of para-hydroxylation sites is 1. The van der Waals surface area contributed by atoms with Crippen molar-refractivity contribution in [1.29, 1.82) is 0 Å². The van der Waals surface area contributed by atoms with E-state index in [-0.39, 0.29) is 0 Å². The van der Waals surface area contributed by atoms with E-state index in [1.165, 1.54) is 23.3 Å². The van der Waals surface area contributed by atoms with Crippen LogP contribution in [0.4, 0.5) is 11.6 Å². The molecule has 1 heterocycles. The Hall–Kier alpha value is -1.39. The maximum atomic E-state index is 6.46. The predicted octanol–water partition coefficient (Wildman–Crippen LogP) is 4.59. The van der Waals surface area contributed by atoms with E-state index in [4.69, 9.17) is 11.6 Å². The fraction of sp³-hybridized carbons (Fsp3) is 0.375. The van der Waals surface area contributed by atoms with Crippen LogP contribution in [-0.2, 0) is 0 Å². The summed E-state index contributed by atoms with van der Waals surface area (Å²) in [5, 5.41) is 4.99. The highest BCUT2D eigenvalue weighted by molar-refractivity contribution is 6.92. The average molecular weight is 320 g/mol. The second kappa shape index (κ2) is 7.05. The molecular formula is C16H22ClN3Si. The molecule has 1 N–H and O–H groups in total. The minimum Gasteiger partial charge on any atom is -0.324 e. The smallest absolute Gasteiger partial charge is 0.228 e. The number of benzene rings is 1. The maximum Gasteiger partial charge on any atom is 0.228 e. The van der Waals surface area contributed by atoms with Crippen molar-refractivity contribution in [2.75, 3.05) is 5.32 Å². The molecule has 2 rings (SSSR count). The van der Waals surface area contributed by atoms with E-state index in [1.807, 2.05) is 36.5 Å². The Bertz CT molecular complexity index is 577. The Morgan fingerprint density at radius 1 is 1.05 bits per heavy atom. The summed E-state index contributed by atoms with van der Waals surface area (Å²) in [7, 11) is -1.54. The zero-order valence-electron chi connectivity index (χ0n) is 12.9. The lowest BCUT2D eigenvalue weighted by Crippen LogP contribution is -2.47. The zero-order valence-corrected chi connectivity index (χ0v) is 14.6. The fourth-order valence-electron chi connectivity index (χ4n) is 2.75. The van der Waals surface area contributed by atoms with Crippen molar-refractivity contribution < 1.29 is 0 Å². The number of hydrogen-bond acceptors (Lipinski definition) is 3. The summed E-state index contributed by atoms with van der Waals surface area (Å²) >= 11 is 6.46. The third-order valence-corrected chi connectivity index (χ3v) is 10.4. The molecule has 0 bridgehead atoms. The molecule has 0 radical (unpaired) electrons. The van der Waals surface area contributed by atoms with Crippen molar-refractivity contribution >= 4 is 36.5 Å². The van der Waals surface area contributed by atoms with Gasteiger partial charge in [-0.1, -0.05) is 68.7 Å². The van der Waals surface area contributed by atoms with Gasteiger partial charge >= 0.3 is 0 Å².